The van der Waals surface area contributed by atoms with Crippen molar-refractivity contribution in [2.75, 3.05) is 25.5 Å². The van der Waals surface area contributed by atoms with Gasteiger partial charge >= 0.3 is 0 Å². The van der Waals surface area contributed by atoms with Crippen molar-refractivity contribution in [2.45, 2.75) is 46.3 Å². The monoisotopic (exact) mass is 482 g/mol. The van der Waals surface area contributed by atoms with E-state index < -0.39 is 6.04 Å². The molecule has 0 saturated carbocycles. The number of benzene rings is 1. The van der Waals surface area contributed by atoms with E-state index in [0.717, 1.165) is 22.9 Å². The summed E-state index contributed by atoms with van der Waals surface area (Å²) in [7, 11) is 1.61. The fourth-order valence-electron chi connectivity index (χ4n) is 4.21. The topological polar surface area (TPSA) is 76.6 Å². The normalized spacial score (nSPS) is 17.0. The molecule has 0 radical (unpaired) electrons. The molecule has 0 spiro atoms. The lowest BCUT2D eigenvalue weighted by molar-refractivity contribution is -0.133. The molecule has 7 nitrogen and oxygen atoms in total. The van der Waals surface area contributed by atoms with Crippen LogP contribution in [0.4, 0.5) is 5.82 Å². The molecule has 4 rings (SSSR count). The van der Waals surface area contributed by atoms with Gasteiger partial charge in [0, 0.05) is 34.5 Å². The van der Waals surface area contributed by atoms with Crippen molar-refractivity contribution in [2.24, 2.45) is 5.41 Å². The van der Waals surface area contributed by atoms with Gasteiger partial charge in [0.1, 0.15) is 23.7 Å². The molecule has 1 unspecified atom stereocenters. The number of ether oxygens (including phenoxy) is 2. The lowest BCUT2D eigenvalue weighted by atomic mass is 9.85. The number of nitrogens with zero attached hydrogens (tertiary/aromatic N) is 3. The number of hydrogen-bond acceptors (Lipinski definition) is 6. The Labute approximate surface area is 205 Å². The maximum Gasteiger partial charge on any atom is 0.245 e. The van der Waals surface area contributed by atoms with Crippen molar-refractivity contribution < 1.29 is 14.3 Å². The average Bonchev–Trinajstić information content (AvgIpc) is 3.25. The molecule has 8 heteroatoms. The Morgan fingerprint density at radius 1 is 1.24 bits per heavy atom. The minimum absolute atomic E-state index is 0.0394. The predicted octanol–water partition coefficient (Wildman–Crippen LogP) is 5.11. The molecule has 2 aromatic heterocycles. The van der Waals surface area contributed by atoms with E-state index in [-0.39, 0.29) is 17.4 Å². The number of pyridine rings is 2. The Kier molecular flexibility index (Phi) is 6.84. The number of rotatable bonds is 6. The van der Waals surface area contributed by atoms with Crippen LogP contribution >= 0.6 is 11.6 Å². The number of halogens is 1. The van der Waals surface area contributed by atoms with Gasteiger partial charge in [0.25, 0.3) is 0 Å². The minimum atomic E-state index is -0.417. The number of likely N-dealkylation sites (tertiary alicyclic amines) is 1. The first-order valence-corrected chi connectivity index (χ1v) is 11.8. The second-order valence-electron chi connectivity index (χ2n) is 9.74. The Bertz CT molecular complexity index is 1190. The van der Waals surface area contributed by atoms with Gasteiger partial charge in [-0.2, -0.15) is 0 Å². The summed E-state index contributed by atoms with van der Waals surface area (Å²) in [6.07, 6.45) is 2.21. The lowest BCUT2D eigenvalue weighted by Crippen LogP contribution is -2.49. The van der Waals surface area contributed by atoms with Gasteiger partial charge in [-0.05, 0) is 42.7 Å². The van der Waals surface area contributed by atoms with Gasteiger partial charge in [-0.1, -0.05) is 38.4 Å². The summed E-state index contributed by atoms with van der Waals surface area (Å²) >= 11 is 6.23. The third-order valence-electron chi connectivity index (χ3n) is 6.02. The van der Waals surface area contributed by atoms with Crippen LogP contribution in [-0.4, -0.2) is 53.1 Å². The highest BCUT2D eigenvalue weighted by atomic mass is 35.5. The molecule has 1 aliphatic heterocycles. The van der Waals surface area contributed by atoms with Gasteiger partial charge in [-0.15, -0.1) is 0 Å². The van der Waals surface area contributed by atoms with Crippen LogP contribution in [0.1, 0.15) is 32.9 Å². The molecule has 1 N–H and O–H groups in total. The van der Waals surface area contributed by atoms with Crippen LogP contribution < -0.4 is 14.8 Å². The number of aromatic nitrogens is 2. The number of nitrogens with one attached hydrogen (secondary N) is 1. The van der Waals surface area contributed by atoms with E-state index in [1.807, 2.05) is 48.2 Å². The largest absolute Gasteiger partial charge is 0.494 e. The highest BCUT2D eigenvalue weighted by molar-refractivity contribution is 6.31. The second kappa shape index (κ2) is 9.66. The zero-order valence-corrected chi connectivity index (χ0v) is 21.0. The summed E-state index contributed by atoms with van der Waals surface area (Å²) in [5.41, 5.74) is 0.602. The van der Waals surface area contributed by atoms with Crippen molar-refractivity contribution in [3.63, 3.8) is 0 Å². The highest BCUT2D eigenvalue weighted by Crippen LogP contribution is 2.34. The van der Waals surface area contributed by atoms with Crippen LogP contribution in [-0.2, 0) is 4.79 Å². The maximum absolute atomic E-state index is 13.6. The van der Waals surface area contributed by atoms with Crippen molar-refractivity contribution in [3.05, 3.63) is 53.3 Å². The Morgan fingerprint density at radius 3 is 2.74 bits per heavy atom. The highest BCUT2D eigenvalue weighted by Gasteiger charge is 2.38. The smallest absolute Gasteiger partial charge is 0.245 e. The first-order chi connectivity index (χ1) is 16.2. The molecule has 1 fully saturated rings. The molecule has 0 aliphatic carbocycles. The number of amides is 1. The maximum atomic E-state index is 13.6. The van der Waals surface area contributed by atoms with E-state index in [9.17, 15) is 4.79 Å². The van der Waals surface area contributed by atoms with Gasteiger partial charge in [0.15, 0.2) is 0 Å². The summed E-state index contributed by atoms with van der Waals surface area (Å²) in [4.78, 5) is 24.4. The van der Waals surface area contributed by atoms with Crippen LogP contribution in [0.5, 0.6) is 11.6 Å². The number of carbonyl (C=O) groups excluding carboxylic acids is 1. The molecular formula is C26H31ClN4O3. The SMILES string of the molecule is COc1cnc(O[C@@H]2CCN(C(=O)C(Nc3cccc(C)n3)C(C)(C)C)C2)c2cc(Cl)ccc12. The van der Waals surface area contributed by atoms with Crippen molar-refractivity contribution in [3.8, 4) is 11.6 Å². The van der Waals surface area contributed by atoms with Crippen molar-refractivity contribution >= 4 is 34.1 Å². The van der Waals surface area contributed by atoms with E-state index >= 15 is 0 Å². The number of carbonyl (C=O) groups is 1. The lowest BCUT2D eigenvalue weighted by Gasteiger charge is -2.33. The van der Waals surface area contributed by atoms with E-state index in [1.54, 1.807) is 13.3 Å². The first-order valence-electron chi connectivity index (χ1n) is 11.4. The molecular weight excluding hydrogens is 452 g/mol. The molecule has 2 atom stereocenters. The summed E-state index contributed by atoms with van der Waals surface area (Å²) in [5.74, 6) is 1.89. The van der Waals surface area contributed by atoms with Crippen molar-refractivity contribution in [1.29, 1.82) is 0 Å². The van der Waals surface area contributed by atoms with E-state index in [2.05, 4.69) is 36.1 Å². The molecule has 3 aromatic rings. The first kappa shape index (κ1) is 24.1. The second-order valence-corrected chi connectivity index (χ2v) is 10.2. The molecule has 1 aliphatic rings. The number of methoxy groups -OCH3 is 1. The zero-order chi connectivity index (χ0) is 24.5. The van der Waals surface area contributed by atoms with Crippen molar-refractivity contribution in [1.82, 2.24) is 14.9 Å². The number of anilines is 1. The summed E-state index contributed by atoms with van der Waals surface area (Å²) in [6, 6.07) is 10.9. The van der Waals surface area contributed by atoms with Gasteiger partial charge in [0.05, 0.1) is 19.9 Å². The molecule has 1 amide bonds. The minimum Gasteiger partial charge on any atom is -0.494 e. The molecule has 0 bridgehead atoms. The molecule has 1 aromatic carbocycles. The van der Waals surface area contributed by atoms with Crippen LogP contribution in [0.2, 0.25) is 5.02 Å². The Balaban J connectivity index is 1.50. The van der Waals surface area contributed by atoms with E-state index in [1.165, 1.54) is 0 Å². The van der Waals surface area contributed by atoms with Gasteiger partial charge < -0.3 is 19.7 Å². The number of fused-ring (bicyclic) bond motifs is 1. The fraction of sp³-hybridized carbons (Fsp3) is 0.423. The van der Waals surface area contributed by atoms with E-state index in [4.69, 9.17) is 21.1 Å². The third kappa shape index (κ3) is 5.20. The molecule has 180 valence electrons. The van der Waals surface area contributed by atoms with Gasteiger partial charge in [-0.25, -0.2) is 9.97 Å². The Morgan fingerprint density at radius 2 is 2.03 bits per heavy atom. The fourth-order valence-corrected chi connectivity index (χ4v) is 4.38. The summed E-state index contributed by atoms with van der Waals surface area (Å²) in [5, 5.41) is 5.63. The zero-order valence-electron chi connectivity index (χ0n) is 20.3. The molecule has 3 heterocycles. The third-order valence-corrected chi connectivity index (χ3v) is 6.26. The van der Waals surface area contributed by atoms with Crippen LogP contribution in [0.15, 0.2) is 42.6 Å². The average molecular weight is 483 g/mol. The van der Waals surface area contributed by atoms with Crippen LogP contribution in [0.3, 0.4) is 0 Å². The summed E-state index contributed by atoms with van der Waals surface area (Å²) in [6.45, 7) is 9.21. The Hall–Kier alpha value is -3.06. The number of hydrogen-bond donors (Lipinski definition) is 1. The summed E-state index contributed by atoms with van der Waals surface area (Å²) < 4.78 is 11.7. The van der Waals surface area contributed by atoms with Gasteiger partial charge in [-0.3, -0.25) is 4.79 Å². The van der Waals surface area contributed by atoms with Gasteiger partial charge in [0.2, 0.25) is 11.8 Å². The van der Waals surface area contributed by atoms with E-state index in [0.29, 0.717) is 35.6 Å². The molecule has 1 saturated heterocycles. The molecule has 34 heavy (non-hydrogen) atoms. The van der Waals surface area contributed by atoms with Crippen LogP contribution in [0.25, 0.3) is 10.8 Å². The number of aryl methyl sites for hydroxylation is 1. The standard InChI is InChI=1S/C26H31ClN4O3/c1-16-7-6-8-22(29-16)30-23(26(2,3)4)25(32)31-12-11-18(15-31)34-24-20-13-17(27)9-10-19(20)21(33-5)14-28-24/h6-10,13-14,18,23H,11-12,15H2,1-5H3,(H,29,30)/t18-,23?/m1/s1. The quantitative estimate of drug-likeness (QED) is 0.526. The van der Waals surface area contributed by atoms with Crippen LogP contribution in [0, 0.1) is 12.3 Å². The predicted molar refractivity (Wildman–Crippen MR) is 135 cm³/mol.